The lowest BCUT2D eigenvalue weighted by Crippen LogP contribution is -2.01. The van der Waals surface area contributed by atoms with Crippen LogP contribution >= 0.6 is 0 Å². The third-order valence-electron chi connectivity index (χ3n) is 5.72. The molecule has 4 aromatic carbocycles. The summed E-state index contributed by atoms with van der Waals surface area (Å²) < 4.78 is 0. The Morgan fingerprint density at radius 1 is 0.406 bits per heavy atom. The van der Waals surface area contributed by atoms with Crippen molar-refractivity contribution in [2.75, 3.05) is 0 Å². The van der Waals surface area contributed by atoms with E-state index in [9.17, 15) is 0 Å². The van der Waals surface area contributed by atoms with Crippen LogP contribution in [-0.2, 0) is 0 Å². The molecule has 0 spiro atoms. The van der Waals surface area contributed by atoms with Crippen molar-refractivity contribution in [2.45, 2.75) is 6.92 Å². The van der Waals surface area contributed by atoms with Crippen molar-refractivity contribution in [1.82, 2.24) is 29.9 Å². The normalized spacial score (nSPS) is 12.0. The van der Waals surface area contributed by atoms with Gasteiger partial charge in [-0.05, 0) is 61.0 Å². The smallest absolute Gasteiger partial charge is 0.113 e. The lowest BCUT2D eigenvalue weighted by Gasteiger charge is -2.07. The molecule has 0 fully saturated rings. The number of hydrogen-bond donors (Lipinski definition) is 0. The van der Waals surface area contributed by atoms with E-state index in [1.807, 2.05) is 60.7 Å². The first kappa shape index (κ1) is 17.4. The fraction of sp³-hybridized carbons (Fsp3) is 0.0400. The van der Waals surface area contributed by atoms with Gasteiger partial charge in [0.1, 0.15) is 7.85 Å². The molecule has 0 amide bonds. The molecule has 0 N–H and O–H groups in total. The quantitative estimate of drug-likeness (QED) is 0.278. The second-order valence-corrected chi connectivity index (χ2v) is 8.07. The van der Waals surface area contributed by atoms with Crippen molar-refractivity contribution in [1.29, 1.82) is 0 Å². The molecule has 0 atom stereocenters. The number of aryl methyl sites for hydroxylation is 1. The van der Waals surface area contributed by atoms with E-state index in [0.29, 0.717) is 5.46 Å². The summed E-state index contributed by atoms with van der Waals surface area (Å²) in [6, 6.07) is 19.4. The zero-order chi connectivity index (χ0) is 21.4. The van der Waals surface area contributed by atoms with E-state index in [4.69, 9.17) is 37.8 Å². The molecular formula is C25H13BN6. The summed E-state index contributed by atoms with van der Waals surface area (Å²) in [5.74, 6) is 0. The molecule has 7 aromatic rings. The minimum Gasteiger partial charge on any atom is -0.244 e. The van der Waals surface area contributed by atoms with Crippen molar-refractivity contribution in [3.63, 3.8) is 0 Å². The zero-order valence-electron chi connectivity index (χ0n) is 17.0. The Kier molecular flexibility index (Phi) is 3.34. The van der Waals surface area contributed by atoms with E-state index in [2.05, 4.69) is 6.92 Å². The number of aromatic nitrogens is 6. The highest BCUT2D eigenvalue weighted by Crippen LogP contribution is 2.25. The third kappa shape index (κ3) is 2.61. The van der Waals surface area contributed by atoms with Crippen LogP contribution in [0.25, 0.3) is 66.2 Å². The molecule has 0 saturated carbocycles. The molecule has 3 heterocycles. The van der Waals surface area contributed by atoms with E-state index in [1.165, 1.54) is 0 Å². The van der Waals surface area contributed by atoms with Gasteiger partial charge in [-0.3, -0.25) is 0 Å². The number of nitrogens with zero attached hydrogens (tertiary/aromatic N) is 6. The highest BCUT2D eigenvalue weighted by atomic mass is 14.9. The van der Waals surface area contributed by atoms with Crippen LogP contribution < -0.4 is 5.46 Å². The van der Waals surface area contributed by atoms with Gasteiger partial charge < -0.3 is 0 Å². The van der Waals surface area contributed by atoms with Gasteiger partial charge in [-0.25, -0.2) is 29.9 Å². The van der Waals surface area contributed by atoms with E-state index in [1.54, 1.807) is 0 Å². The fourth-order valence-corrected chi connectivity index (χ4v) is 4.15. The highest BCUT2D eigenvalue weighted by molar-refractivity contribution is 6.33. The molecule has 0 unspecified atom stereocenters. The minimum absolute atomic E-state index is 0.661. The number of fused-ring (bicyclic) bond motifs is 6. The Balaban J connectivity index is 1.51. The Morgan fingerprint density at radius 2 is 0.750 bits per heavy atom. The van der Waals surface area contributed by atoms with Crippen LogP contribution in [-0.4, -0.2) is 37.8 Å². The molecule has 7 heteroatoms. The summed E-state index contributed by atoms with van der Waals surface area (Å²) in [5, 5.41) is 0. The second kappa shape index (κ2) is 6.14. The van der Waals surface area contributed by atoms with Gasteiger partial charge in [0.2, 0.25) is 0 Å². The molecule has 0 aliphatic rings. The summed E-state index contributed by atoms with van der Waals surface area (Å²) >= 11 is 0. The standard InChI is InChI=1S/C25H13BN6/c1-12-2-4-14-16(6-12)29-20-10-24-22(8-18(20)27-14)32-25-11-21-19(9-23(25)31-24)28-15-5-3-13(26)7-17(15)30-21/h2-11H,1H3. The minimum atomic E-state index is 0.661. The van der Waals surface area contributed by atoms with Gasteiger partial charge in [0.05, 0.1) is 66.2 Å². The molecule has 0 saturated heterocycles. The van der Waals surface area contributed by atoms with Gasteiger partial charge in [0.15, 0.2) is 0 Å². The van der Waals surface area contributed by atoms with Crippen LogP contribution in [0.4, 0.5) is 0 Å². The number of hydrogen-bond acceptors (Lipinski definition) is 6. The predicted molar refractivity (Wildman–Crippen MR) is 128 cm³/mol. The van der Waals surface area contributed by atoms with E-state index >= 15 is 0 Å². The molecule has 0 aliphatic carbocycles. The topological polar surface area (TPSA) is 77.3 Å². The predicted octanol–water partition coefficient (Wildman–Crippen LogP) is 4.08. The first-order valence-corrected chi connectivity index (χ1v) is 10.3. The summed E-state index contributed by atoms with van der Waals surface area (Å²) in [6.45, 7) is 2.05. The SMILES string of the molecule is [B]c1ccc2nc3cc4nc5cc6nc7cc(C)ccc7nc6cc5nc4cc3nc2c1. The van der Waals surface area contributed by atoms with Gasteiger partial charge >= 0.3 is 0 Å². The van der Waals surface area contributed by atoms with Crippen molar-refractivity contribution in [2.24, 2.45) is 0 Å². The van der Waals surface area contributed by atoms with Crippen LogP contribution in [0.15, 0.2) is 60.7 Å². The summed E-state index contributed by atoms with van der Waals surface area (Å²) in [5.41, 5.74) is 11.3. The lowest BCUT2D eigenvalue weighted by atomic mass is 9.96. The van der Waals surface area contributed by atoms with Crippen LogP contribution in [0.1, 0.15) is 5.56 Å². The Morgan fingerprint density at radius 3 is 1.22 bits per heavy atom. The first-order chi connectivity index (χ1) is 15.6. The van der Waals surface area contributed by atoms with E-state index < -0.39 is 0 Å². The molecule has 32 heavy (non-hydrogen) atoms. The van der Waals surface area contributed by atoms with Crippen molar-refractivity contribution < 1.29 is 0 Å². The fourth-order valence-electron chi connectivity index (χ4n) is 4.15. The Hall–Kier alpha value is -4.26. The Bertz CT molecular complexity index is 1770. The maximum atomic E-state index is 5.91. The van der Waals surface area contributed by atoms with Crippen molar-refractivity contribution in [3.05, 3.63) is 66.2 Å². The first-order valence-electron chi connectivity index (χ1n) is 10.3. The molecule has 7 rings (SSSR count). The molecule has 0 bridgehead atoms. The average molecular weight is 408 g/mol. The van der Waals surface area contributed by atoms with Gasteiger partial charge in [-0.2, -0.15) is 0 Å². The molecule has 3 aromatic heterocycles. The maximum absolute atomic E-state index is 5.91. The largest absolute Gasteiger partial charge is 0.244 e. The highest BCUT2D eigenvalue weighted by Gasteiger charge is 2.10. The zero-order valence-corrected chi connectivity index (χ0v) is 17.0. The van der Waals surface area contributed by atoms with Gasteiger partial charge in [0.25, 0.3) is 0 Å². The maximum Gasteiger partial charge on any atom is 0.113 e. The van der Waals surface area contributed by atoms with Gasteiger partial charge in [0, 0.05) is 0 Å². The van der Waals surface area contributed by atoms with Crippen LogP contribution in [0, 0.1) is 6.92 Å². The average Bonchev–Trinajstić information content (AvgIpc) is 2.77. The number of rotatable bonds is 0. The summed E-state index contributed by atoms with van der Waals surface area (Å²) in [7, 11) is 5.91. The van der Waals surface area contributed by atoms with Gasteiger partial charge in [-0.15, -0.1) is 0 Å². The Labute approximate surface area is 182 Å². The van der Waals surface area contributed by atoms with Crippen LogP contribution in [0.5, 0.6) is 0 Å². The van der Waals surface area contributed by atoms with Crippen LogP contribution in [0.3, 0.4) is 0 Å². The number of benzene rings is 4. The summed E-state index contributed by atoms with van der Waals surface area (Å²) in [6.07, 6.45) is 0. The molecule has 0 aliphatic heterocycles. The monoisotopic (exact) mass is 408 g/mol. The third-order valence-corrected chi connectivity index (χ3v) is 5.72. The van der Waals surface area contributed by atoms with Crippen LogP contribution in [0.2, 0.25) is 0 Å². The summed E-state index contributed by atoms with van der Waals surface area (Å²) in [4.78, 5) is 28.7. The molecule has 6 nitrogen and oxygen atoms in total. The van der Waals surface area contributed by atoms with Crippen molar-refractivity contribution in [3.8, 4) is 0 Å². The molecule has 146 valence electrons. The lowest BCUT2D eigenvalue weighted by molar-refractivity contribution is 1.35. The van der Waals surface area contributed by atoms with Gasteiger partial charge in [-0.1, -0.05) is 17.6 Å². The molecular weight excluding hydrogens is 395 g/mol. The van der Waals surface area contributed by atoms with Crippen molar-refractivity contribution >= 4 is 79.5 Å². The second-order valence-electron chi connectivity index (χ2n) is 8.07. The molecule has 2 radical (unpaired) electrons. The van der Waals surface area contributed by atoms with E-state index in [0.717, 1.165) is 71.8 Å². The van der Waals surface area contributed by atoms with E-state index in [-0.39, 0.29) is 0 Å².